The molecule has 70 valence electrons. The summed E-state index contributed by atoms with van der Waals surface area (Å²) in [6.45, 7) is 2.95. The van der Waals surface area contributed by atoms with Crippen LogP contribution in [0.1, 0.15) is 20.3 Å². The van der Waals surface area contributed by atoms with E-state index < -0.39 is 5.54 Å². The molecule has 0 aromatic carbocycles. The Morgan fingerprint density at radius 2 is 2.08 bits per heavy atom. The van der Waals surface area contributed by atoms with Crippen LogP contribution >= 0.6 is 0 Å². The molecule has 1 aliphatic carbocycles. The van der Waals surface area contributed by atoms with Gasteiger partial charge in [-0.25, -0.2) is 0 Å². The maximum absolute atomic E-state index is 11.1. The number of carbonyl (C=O) groups excluding carboxylic acids is 2. The number of allylic oxidation sites excluding steroid dienone is 2. The van der Waals surface area contributed by atoms with Crippen molar-refractivity contribution in [2.75, 3.05) is 0 Å². The van der Waals surface area contributed by atoms with Gasteiger partial charge >= 0.3 is 0 Å². The molecule has 3 heteroatoms. The van der Waals surface area contributed by atoms with Gasteiger partial charge in [-0.3, -0.25) is 9.59 Å². The van der Waals surface area contributed by atoms with Crippen molar-refractivity contribution in [1.82, 2.24) is 0 Å². The number of Topliss-reactive ketones (excluding diaryl/α,β-unsaturated/α-hetero) is 2. The van der Waals surface area contributed by atoms with Gasteiger partial charge in [-0.2, -0.15) is 0 Å². The highest BCUT2D eigenvalue weighted by Crippen LogP contribution is 2.19. The van der Waals surface area contributed by atoms with E-state index in [4.69, 9.17) is 5.73 Å². The van der Waals surface area contributed by atoms with Crippen LogP contribution in [0.25, 0.3) is 0 Å². The van der Waals surface area contributed by atoms with Crippen molar-refractivity contribution in [1.29, 1.82) is 0 Å². The summed E-state index contributed by atoms with van der Waals surface area (Å²) in [4.78, 5) is 22.0. The van der Waals surface area contributed by atoms with Gasteiger partial charge in [0.05, 0.1) is 5.54 Å². The second-order valence-electron chi connectivity index (χ2n) is 3.35. The molecule has 0 amide bonds. The second kappa shape index (κ2) is 3.26. The zero-order valence-corrected chi connectivity index (χ0v) is 7.83. The Labute approximate surface area is 77.3 Å². The standard InChI is InChI=1S/C10H13NO2/c1-7(12)9-3-5-10(11,6-4-9)8(2)13/h3-5H,6,11H2,1-2H3. The third-order valence-electron chi connectivity index (χ3n) is 2.28. The molecule has 1 atom stereocenters. The minimum atomic E-state index is -0.904. The monoisotopic (exact) mass is 179 g/mol. The Bertz CT molecular complexity index is 315. The first-order valence-electron chi connectivity index (χ1n) is 4.16. The maximum atomic E-state index is 11.1. The zero-order valence-electron chi connectivity index (χ0n) is 7.83. The second-order valence-corrected chi connectivity index (χ2v) is 3.35. The molecule has 1 rings (SSSR count). The highest BCUT2D eigenvalue weighted by atomic mass is 16.1. The van der Waals surface area contributed by atoms with Gasteiger partial charge in [0, 0.05) is 5.57 Å². The molecule has 0 aromatic heterocycles. The van der Waals surface area contributed by atoms with Crippen molar-refractivity contribution in [2.45, 2.75) is 25.8 Å². The molecule has 0 saturated carbocycles. The molecular weight excluding hydrogens is 166 g/mol. The first-order chi connectivity index (χ1) is 5.96. The molecule has 13 heavy (non-hydrogen) atoms. The van der Waals surface area contributed by atoms with E-state index in [9.17, 15) is 9.59 Å². The average molecular weight is 179 g/mol. The molecule has 0 fully saturated rings. The van der Waals surface area contributed by atoms with Crippen LogP contribution < -0.4 is 5.73 Å². The van der Waals surface area contributed by atoms with Crippen molar-refractivity contribution in [3.63, 3.8) is 0 Å². The van der Waals surface area contributed by atoms with E-state index in [0.29, 0.717) is 12.0 Å². The molecule has 0 spiro atoms. The smallest absolute Gasteiger partial charge is 0.159 e. The van der Waals surface area contributed by atoms with Gasteiger partial charge in [0.2, 0.25) is 0 Å². The zero-order chi connectivity index (χ0) is 10.1. The van der Waals surface area contributed by atoms with E-state index in [2.05, 4.69) is 0 Å². The van der Waals surface area contributed by atoms with E-state index in [0.717, 1.165) is 0 Å². The summed E-state index contributed by atoms with van der Waals surface area (Å²) >= 11 is 0. The summed E-state index contributed by atoms with van der Waals surface area (Å²) in [5, 5.41) is 0. The third-order valence-corrected chi connectivity index (χ3v) is 2.28. The first-order valence-corrected chi connectivity index (χ1v) is 4.16. The average Bonchev–Trinajstić information content (AvgIpc) is 2.04. The van der Waals surface area contributed by atoms with Gasteiger partial charge in [0.15, 0.2) is 11.6 Å². The number of nitrogens with two attached hydrogens (primary N) is 1. The summed E-state index contributed by atoms with van der Waals surface area (Å²) in [5.41, 5.74) is 5.50. The largest absolute Gasteiger partial charge is 0.316 e. The number of ketones is 2. The van der Waals surface area contributed by atoms with Gasteiger partial charge < -0.3 is 5.73 Å². The van der Waals surface area contributed by atoms with Gasteiger partial charge in [-0.1, -0.05) is 18.2 Å². The lowest BCUT2D eigenvalue weighted by atomic mass is 9.86. The molecule has 0 aliphatic heterocycles. The van der Waals surface area contributed by atoms with Crippen LogP contribution in [0, 0.1) is 0 Å². The summed E-state index contributed by atoms with van der Waals surface area (Å²) in [5.74, 6) is -0.0792. The number of carbonyl (C=O) groups is 2. The topological polar surface area (TPSA) is 60.2 Å². The van der Waals surface area contributed by atoms with Crippen LogP contribution in [-0.2, 0) is 9.59 Å². The molecule has 0 bridgehead atoms. The lowest BCUT2D eigenvalue weighted by Gasteiger charge is -2.24. The van der Waals surface area contributed by atoms with Crippen LogP contribution in [0.5, 0.6) is 0 Å². The Morgan fingerprint density at radius 1 is 1.46 bits per heavy atom. The Morgan fingerprint density at radius 3 is 2.38 bits per heavy atom. The highest BCUT2D eigenvalue weighted by molar-refractivity contribution is 5.98. The van der Waals surface area contributed by atoms with E-state index in [1.54, 1.807) is 18.2 Å². The molecule has 3 nitrogen and oxygen atoms in total. The molecule has 0 saturated heterocycles. The fourth-order valence-electron chi connectivity index (χ4n) is 1.18. The van der Waals surface area contributed by atoms with Crippen LogP contribution in [0.4, 0.5) is 0 Å². The SMILES string of the molecule is CC(=O)C1=CCC(N)(C(C)=O)C=C1. The Hall–Kier alpha value is -1.22. The van der Waals surface area contributed by atoms with Crippen molar-refractivity contribution >= 4 is 11.6 Å². The maximum Gasteiger partial charge on any atom is 0.159 e. The molecule has 0 heterocycles. The lowest BCUT2D eigenvalue weighted by Crippen LogP contribution is -2.45. The van der Waals surface area contributed by atoms with E-state index in [1.807, 2.05) is 0 Å². The molecular formula is C10H13NO2. The van der Waals surface area contributed by atoms with Gasteiger partial charge in [0.1, 0.15) is 0 Å². The summed E-state index contributed by atoms with van der Waals surface area (Å²) in [7, 11) is 0. The fraction of sp³-hybridized carbons (Fsp3) is 0.400. The van der Waals surface area contributed by atoms with Gasteiger partial charge in [0.25, 0.3) is 0 Å². The third kappa shape index (κ3) is 1.92. The predicted octanol–water partition coefficient (Wildman–Crippen LogP) is 0.748. The normalized spacial score (nSPS) is 26.8. The van der Waals surface area contributed by atoms with Crippen LogP contribution in [0.15, 0.2) is 23.8 Å². The number of hydrogen-bond acceptors (Lipinski definition) is 3. The summed E-state index contributed by atoms with van der Waals surface area (Å²) in [6.07, 6.45) is 5.34. The molecule has 2 N–H and O–H groups in total. The van der Waals surface area contributed by atoms with Crippen molar-refractivity contribution in [3.05, 3.63) is 23.8 Å². The highest BCUT2D eigenvalue weighted by Gasteiger charge is 2.28. The predicted molar refractivity (Wildman–Crippen MR) is 50.1 cm³/mol. The van der Waals surface area contributed by atoms with Gasteiger partial charge in [-0.15, -0.1) is 0 Å². The molecule has 0 aromatic rings. The van der Waals surface area contributed by atoms with E-state index in [1.165, 1.54) is 13.8 Å². The van der Waals surface area contributed by atoms with E-state index >= 15 is 0 Å². The molecule has 0 radical (unpaired) electrons. The fourth-order valence-corrected chi connectivity index (χ4v) is 1.18. The number of rotatable bonds is 2. The van der Waals surface area contributed by atoms with Crippen LogP contribution in [0.3, 0.4) is 0 Å². The van der Waals surface area contributed by atoms with E-state index in [-0.39, 0.29) is 11.6 Å². The molecule has 1 aliphatic rings. The first kappa shape index (κ1) is 9.86. The molecule has 1 unspecified atom stereocenters. The minimum Gasteiger partial charge on any atom is -0.316 e. The van der Waals surface area contributed by atoms with Crippen molar-refractivity contribution in [3.8, 4) is 0 Å². The number of hydrogen-bond donors (Lipinski definition) is 1. The minimum absolute atomic E-state index is 0.00171. The van der Waals surface area contributed by atoms with Crippen LogP contribution in [-0.4, -0.2) is 17.1 Å². The Kier molecular flexibility index (Phi) is 2.48. The van der Waals surface area contributed by atoms with Crippen molar-refractivity contribution in [2.24, 2.45) is 5.73 Å². The summed E-state index contributed by atoms with van der Waals surface area (Å²) in [6, 6.07) is 0. The lowest BCUT2D eigenvalue weighted by molar-refractivity contribution is -0.120. The van der Waals surface area contributed by atoms with Crippen molar-refractivity contribution < 1.29 is 9.59 Å². The quantitative estimate of drug-likeness (QED) is 0.680. The van der Waals surface area contributed by atoms with Crippen LogP contribution in [0.2, 0.25) is 0 Å². The Balaban J connectivity index is 2.85. The van der Waals surface area contributed by atoms with Gasteiger partial charge in [-0.05, 0) is 20.3 Å². The summed E-state index contributed by atoms with van der Waals surface area (Å²) < 4.78 is 0.